The molecule has 0 fully saturated rings. The number of carbonyl (C=O) groups excluding carboxylic acids is 2. The molecule has 0 unspecified atom stereocenters. The summed E-state index contributed by atoms with van der Waals surface area (Å²) in [6.07, 6.45) is 3.31. The van der Waals surface area contributed by atoms with Gasteiger partial charge in [0.1, 0.15) is 11.7 Å². The quantitative estimate of drug-likeness (QED) is 0.541. The first-order chi connectivity index (χ1) is 16.4. The van der Waals surface area contributed by atoms with Crippen LogP contribution in [0.25, 0.3) is 17.2 Å². The Morgan fingerprint density at radius 3 is 2.56 bits per heavy atom. The number of rotatable bonds is 9. The van der Waals surface area contributed by atoms with Crippen molar-refractivity contribution in [1.82, 2.24) is 4.90 Å². The van der Waals surface area contributed by atoms with E-state index in [0.29, 0.717) is 47.7 Å². The van der Waals surface area contributed by atoms with Crippen molar-refractivity contribution in [3.63, 3.8) is 0 Å². The fourth-order valence-corrected chi connectivity index (χ4v) is 3.83. The average molecular weight is 468 g/mol. The lowest BCUT2D eigenvalue weighted by atomic mass is 9.99. The highest BCUT2D eigenvalue weighted by Gasteiger charge is 2.21. The van der Waals surface area contributed by atoms with E-state index in [9.17, 15) is 14.0 Å². The molecular formula is C26H30FN3O4. The lowest BCUT2D eigenvalue weighted by molar-refractivity contribution is -0.127. The highest BCUT2D eigenvalue weighted by atomic mass is 19.1. The summed E-state index contributed by atoms with van der Waals surface area (Å²) < 4.78 is 19.4. The molecule has 8 heteroatoms. The number of amides is 1. The van der Waals surface area contributed by atoms with Gasteiger partial charge < -0.3 is 20.5 Å². The van der Waals surface area contributed by atoms with Crippen LogP contribution >= 0.6 is 0 Å². The zero-order valence-electron chi connectivity index (χ0n) is 19.5. The molecule has 1 aliphatic rings. The Balaban J connectivity index is 1.92. The standard InChI is InChI=1S/C26H30FN3O4/c1-3-10-30(11-5-12-31)25(32)20-13-19-7-6-18(15-23(19)29-24(28)16-20)17-8-9-21(22(27)14-17)26(33)34-4-2/h6-9,13-15,31H,3-5,10-12,16H2,1-2H3,(H2,28,29). The number of aliphatic imine (C=N–C) groups is 1. The Morgan fingerprint density at radius 2 is 1.88 bits per heavy atom. The zero-order chi connectivity index (χ0) is 24.7. The first-order valence-corrected chi connectivity index (χ1v) is 11.4. The third-order valence-corrected chi connectivity index (χ3v) is 5.44. The average Bonchev–Trinajstić information content (AvgIpc) is 2.98. The molecule has 2 aromatic carbocycles. The number of amidine groups is 1. The number of hydrogen-bond acceptors (Lipinski definition) is 6. The van der Waals surface area contributed by atoms with Gasteiger partial charge in [-0.2, -0.15) is 0 Å². The van der Waals surface area contributed by atoms with E-state index in [2.05, 4.69) is 4.99 Å². The minimum absolute atomic E-state index is 0.0170. The van der Waals surface area contributed by atoms with Gasteiger partial charge in [0.2, 0.25) is 5.91 Å². The number of halogens is 1. The molecule has 0 saturated heterocycles. The highest BCUT2D eigenvalue weighted by molar-refractivity contribution is 6.05. The van der Waals surface area contributed by atoms with Gasteiger partial charge in [-0.1, -0.05) is 25.1 Å². The van der Waals surface area contributed by atoms with Crippen LogP contribution in [0.2, 0.25) is 0 Å². The van der Waals surface area contributed by atoms with Gasteiger partial charge in [0.25, 0.3) is 0 Å². The molecule has 3 rings (SSSR count). The van der Waals surface area contributed by atoms with Gasteiger partial charge in [0.05, 0.1) is 17.9 Å². The zero-order valence-corrected chi connectivity index (χ0v) is 19.5. The van der Waals surface area contributed by atoms with Gasteiger partial charge in [-0.25, -0.2) is 14.2 Å². The third kappa shape index (κ3) is 5.88. The molecule has 0 radical (unpaired) electrons. The van der Waals surface area contributed by atoms with Crippen LogP contribution in [0.1, 0.15) is 49.0 Å². The number of benzene rings is 2. The number of esters is 1. The van der Waals surface area contributed by atoms with E-state index in [0.717, 1.165) is 12.0 Å². The number of aliphatic hydroxyl groups is 1. The van der Waals surface area contributed by atoms with Crippen LogP contribution in [-0.4, -0.2) is 54.0 Å². The minimum atomic E-state index is -0.704. The van der Waals surface area contributed by atoms with E-state index in [1.165, 1.54) is 12.1 Å². The second-order valence-electron chi connectivity index (χ2n) is 8.01. The van der Waals surface area contributed by atoms with Crippen LogP contribution in [0, 0.1) is 5.82 Å². The summed E-state index contributed by atoms with van der Waals surface area (Å²) in [5.41, 5.74) is 9.12. The Morgan fingerprint density at radius 1 is 1.15 bits per heavy atom. The Labute approximate surface area is 198 Å². The van der Waals surface area contributed by atoms with Gasteiger partial charge in [0.15, 0.2) is 0 Å². The van der Waals surface area contributed by atoms with Crippen LogP contribution in [0.4, 0.5) is 10.1 Å². The number of fused-ring (bicyclic) bond motifs is 1. The summed E-state index contributed by atoms with van der Waals surface area (Å²) >= 11 is 0. The summed E-state index contributed by atoms with van der Waals surface area (Å²) in [4.78, 5) is 31.2. The second-order valence-corrected chi connectivity index (χ2v) is 8.01. The molecule has 0 saturated carbocycles. The van der Waals surface area contributed by atoms with Crippen molar-refractivity contribution < 1.29 is 23.8 Å². The topological polar surface area (TPSA) is 105 Å². The molecule has 34 heavy (non-hydrogen) atoms. The lowest BCUT2D eigenvalue weighted by Gasteiger charge is -2.23. The summed E-state index contributed by atoms with van der Waals surface area (Å²) in [5.74, 6) is -1.19. The summed E-state index contributed by atoms with van der Waals surface area (Å²) in [7, 11) is 0. The molecule has 1 amide bonds. The number of carbonyl (C=O) groups is 2. The first-order valence-electron chi connectivity index (χ1n) is 11.4. The third-order valence-electron chi connectivity index (χ3n) is 5.44. The van der Waals surface area contributed by atoms with Crippen LogP contribution in [0.3, 0.4) is 0 Å². The number of nitrogens with zero attached hydrogens (tertiary/aromatic N) is 2. The van der Waals surface area contributed by atoms with E-state index in [-0.39, 0.29) is 31.1 Å². The van der Waals surface area contributed by atoms with Gasteiger partial charge in [-0.05, 0) is 55.2 Å². The van der Waals surface area contributed by atoms with Crippen LogP contribution in [0.5, 0.6) is 0 Å². The molecule has 2 aromatic rings. The number of aliphatic hydroxyl groups excluding tert-OH is 1. The van der Waals surface area contributed by atoms with Gasteiger partial charge in [-0.3, -0.25) is 4.79 Å². The maximum Gasteiger partial charge on any atom is 0.341 e. The number of hydrogen-bond donors (Lipinski definition) is 2. The maximum absolute atomic E-state index is 14.5. The molecule has 1 aliphatic heterocycles. The Kier molecular flexibility index (Phi) is 8.54. The molecule has 0 aromatic heterocycles. The minimum Gasteiger partial charge on any atom is -0.462 e. The Bertz CT molecular complexity index is 1130. The molecule has 0 aliphatic carbocycles. The molecule has 0 bridgehead atoms. The lowest BCUT2D eigenvalue weighted by Crippen LogP contribution is -2.35. The highest BCUT2D eigenvalue weighted by Crippen LogP contribution is 2.32. The largest absolute Gasteiger partial charge is 0.462 e. The summed E-state index contributed by atoms with van der Waals surface area (Å²) in [6.45, 7) is 4.90. The first kappa shape index (κ1) is 25.1. The molecule has 0 spiro atoms. The van der Waals surface area contributed by atoms with E-state index in [4.69, 9.17) is 15.6 Å². The molecule has 0 atom stereocenters. The van der Waals surface area contributed by atoms with Gasteiger partial charge in [0, 0.05) is 37.3 Å². The molecule has 180 valence electrons. The van der Waals surface area contributed by atoms with Crippen molar-refractivity contribution in [3.05, 3.63) is 58.9 Å². The van der Waals surface area contributed by atoms with Crippen molar-refractivity contribution in [3.8, 4) is 11.1 Å². The molecule has 3 N–H and O–H groups in total. The summed E-state index contributed by atoms with van der Waals surface area (Å²) in [5, 5.41) is 9.16. The van der Waals surface area contributed by atoms with Crippen molar-refractivity contribution in [2.24, 2.45) is 10.7 Å². The normalized spacial score (nSPS) is 12.8. The van der Waals surface area contributed by atoms with Crippen molar-refractivity contribution in [2.75, 3.05) is 26.3 Å². The van der Waals surface area contributed by atoms with Gasteiger partial charge in [-0.15, -0.1) is 0 Å². The maximum atomic E-state index is 14.5. The van der Waals surface area contributed by atoms with Gasteiger partial charge >= 0.3 is 5.97 Å². The van der Waals surface area contributed by atoms with Crippen molar-refractivity contribution >= 4 is 29.5 Å². The number of nitrogens with two attached hydrogens (primary N) is 1. The molecule has 1 heterocycles. The number of ether oxygens (including phenoxy) is 1. The van der Waals surface area contributed by atoms with E-state index >= 15 is 0 Å². The molecular weight excluding hydrogens is 437 g/mol. The van der Waals surface area contributed by atoms with Crippen LogP contribution in [0.15, 0.2) is 47.0 Å². The SMILES string of the molecule is CCCN(CCCO)C(=O)C1=Cc2ccc(-c3ccc(C(=O)OCC)c(F)c3)cc2N=C(N)C1. The summed E-state index contributed by atoms with van der Waals surface area (Å²) in [6, 6.07) is 9.73. The Hall–Kier alpha value is -3.52. The predicted molar refractivity (Wildman–Crippen MR) is 130 cm³/mol. The van der Waals surface area contributed by atoms with Crippen LogP contribution in [-0.2, 0) is 9.53 Å². The second kappa shape index (κ2) is 11.6. The van der Waals surface area contributed by atoms with E-state index < -0.39 is 11.8 Å². The van der Waals surface area contributed by atoms with Crippen molar-refractivity contribution in [1.29, 1.82) is 0 Å². The van der Waals surface area contributed by atoms with E-state index in [1.807, 2.05) is 19.1 Å². The fraction of sp³-hybridized carbons (Fsp3) is 0.346. The monoisotopic (exact) mass is 467 g/mol. The van der Waals surface area contributed by atoms with Crippen molar-refractivity contribution in [2.45, 2.75) is 33.1 Å². The smallest absolute Gasteiger partial charge is 0.341 e. The van der Waals surface area contributed by atoms with E-state index in [1.54, 1.807) is 30.0 Å². The molecule has 7 nitrogen and oxygen atoms in total. The van der Waals surface area contributed by atoms with Crippen LogP contribution < -0.4 is 5.73 Å². The fourth-order valence-electron chi connectivity index (χ4n) is 3.83. The predicted octanol–water partition coefficient (Wildman–Crippen LogP) is 4.07.